The van der Waals surface area contributed by atoms with Crippen LogP contribution in [0.2, 0.25) is 0 Å². The Morgan fingerprint density at radius 1 is 1.42 bits per heavy atom. The van der Waals surface area contributed by atoms with E-state index in [1.807, 2.05) is 43.0 Å². The van der Waals surface area contributed by atoms with Gasteiger partial charge in [0.2, 0.25) is 0 Å². The summed E-state index contributed by atoms with van der Waals surface area (Å²) in [5, 5.41) is 0.976. The minimum Gasteiger partial charge on any atom is -0.360 e. The maximum Gasteiger partial charge on any atom is 0.256 e. The van der Waals surface area contributed by atoms with Gasteiger partial charge in [0.1, 0.15) is 0 Å². The molecule has 1 aromatic heterocycles. The van der Waals surface area contributed by atoms with E-state index in [4.69, 9.17) is 5.73 Å². The third-order valence-corrected chi connectivity index (χ3v) is 4.33. The van der Waals surface area contributed by atoms with Crippen LogP contribution in [0.1, 0.15) is 30.6 Å². The zero-order chi connectivity index (χ0) is 13.6. The first-order valence-electron chi connectivity index (χ1n) is 6.65. The lowest BCUT2D eigenvalue weighted by Gasteiger charge is -2.34. The number of hydrogen-bond acceptors (Lipinski definition) is 2. The van der Waals surface area contributed by atoms with Crippen molar-refractivity contribution in [3.05, 3.63) is 36.0 Å². The van der Waals surface area contributed by atoms with Gasteiger partial charge in [-0.25, -0.2) is 0 Å². The van der Waals surface area contributed by atoms with Crippen LogP contribution in [0.25, 0.3) is 10.9 Å². The normalized spacial score (nSPS) is 22.1. The van der Waals surface area contributed by atoms with E-state index in [1.54, 1.807) is 6.20 Å². The number of nitrogens with two attached hydrogens (primary N) is 1. The smallest absolute Gasteiger partial charge is 0.256 e. The fraction of sp³-hybridized carbons (Fsp3) is 0.400. The van der Waals surface area contributed by atoms with Crippen molar-refractivity contribution in [3.8, 4) is 0 Å². The average molecular weight is 257 g/mol. The molecule has 1 unspecified atom stereocenters. The van der Waals surface area contributed by atoms with Crippen molar-refractivity contribution in [2.24, 2.45) is 5.73 Å². The number of amides is 1. The van der Waals surface area contributed by atoms with Crippen LogP contribution in [0.5, 0.6) is 0 Å². The highest BCUT2D eigenvalue weighted by atomic mass is 16.2. The number of hydrogen-bond donors (Lipinski definition) is 2. The molecule has 0 spiro atoms. The summed E-state index contributed by atoms with van der Waals surface area (Å²) in [7, 11) is 0. The van der Waals surface area contributed by atoms with Crippen molar-refractivity contribution >= 4 is 16.8 Å². The highest BCUT2D eigenvalue weighted by Gasteiger charge is 2.42. The van der Waals surface area contributed by atoms with E-state index >= 15 is 0 Å². The molecular formula is C15H19N3O. The lowest BCUT2D eigenvalue weighted by molar-refractivity contribution is 0.0639. The zero-order valence-corrected chi connectivity index (χ0v) is 11.3. The van der Waals surface area contributed by atoms with Crippen LogP contribution in [0.15, 0.2) is 30.5 Å². The fourth-order valence-corrected chi connectivity index (χ4v) is 2.87. The molecule has 0 radical (unpaired) electrons. The first kappa shape index (κ1) is 12.2. The molecule has 3 N–H and O–H groups in total. The SMILES string of the molecule is CC1(C)C(N)CCN1C(=O)c1c[nH]c2ccccc12. The van der Waals surface area contributed by atoms with Crippen molar-refractivity contribution in [3.63, 3.8) is 0 Å². The summed E-state index contributed by atoms with van der Waals surface area (Å²) in [6.07, 6.45) is 2.66. The lowest BCUT2D eigenvalue weighted by Crippen LogP contribution is -2.51. The first-order chi connectivity index (χ1) is 9.01. The molecule has 1 aromatic carbocycles. The summed E-state index contributed by atoms with van der Waals surface area (Å²) in [5.41, 5.74) is 7.55. The maximum absolute atomic E-state index is 12.7. The second-order valence-corrected chi connectivity index (χ2v) is 5.75. The number of rotatable bonds is 1. The Labute approximate surface area is 112 Å². The molecule has 0 bridgehead atoms. The predicted molar refractivity (Wildman–Crippen MR) is 76.0 cm³/mol. The second-order valence-electron chi connectivity index (χ2n) is 5.75. The first-order valence-corrected chi connectivity index (χ1v) is 6.65. The minimum absolute atomic E-state index is 0.0432. The number of H-pyrrole nitrogens is 1. The van der Waals surface area contributed by atoms with Gasteiger partial charge in [0.25, 0.3) is 5.91 Å². The number of aromatic amines is 1. The van der Waals surface area contributed by atoms with E-state index in [1.165, 1.54) is 0 Å². The fourth-order valence-electron chi connectivity index (χ4n) is 2.87. The number of nitrogens with zero attached hydrogens (tertiary/aromatic N) is 1. The zero-order valence-electron chi connectivity index (χ0n) is 11.3. The number of likely N-dealkylation sites (tertiary alicyclic amines) is 1. The van der Waals surface area contributed by atoms with Crippen molar-refractivity contribution in [1.29, 1.82) is 0 Å². The van der Waals surface area contributed by atoms with Crippen LogP contribution in [-0.2, 0) is 0 Å². The van der Waals surface area contributed by atoms with Gasteiger partial charge in [0.15, 0.2) is 0 Å². The monoisotopic (exact) mass is 257 g/mol. The number of aromatic nitrogens is 1. The van der Waals surface area contributed by atoms with E-state index in [9.17, 15) is 4.79 Å². The van der Waals surface area contributed by atoms with Crippen LogP contribution in [0, 0.1) is 0 Å². The largest absolute Gasteiger partial charge is 0.360 e. The summed E-state index contributed by atoms with van der Waals surface area (Å²) in [5.74, 6) is 0.0652. The summed E-state index contributed by atoms with van der Waals surface area (Å²) < 4.78 is 0. The Morgan fingerprint density at radius 3 is 2.84 bits per heavy atom. The quantitative estimate of drug-likeness (QED) is 0.822. The molecule has 1 aliphatic heterocycles. The van der Waals surface area contributed by atoms with Crippen molar-refractivity contribution in [2.45, 2.75) is 31.8 Å². The molecule has 0 aliphatic carbocycles. The van der Waals surface area contributed by atoms with Gasteiger partial charge < -0.3 is 15.6 Å². The van der Waals surface area contributed by atoms with Crippen LogP contribution in [0.3, 0.4) is 0 Å². The van der Waals surface area contributed by atoms with Crippen molar-refractivity contribution < 1.29 is 4.79 Å². The lowest BCUT2D eigenvalue weighted by atomic mass is 9.96. The van der Waals surface area contributed by atoms with Gasteiger partial charge in [-0.2, -0.15) is 0 Å². The number of carbonyl (C=O) groups is 1. The van der Waals surface area contributed by atoms with E-state index in [0.717, 1.165) is 29.4 Å². The molecule has 1 fully saturated rings. The Balaban J connectivity index is 2.01. The summed E-state index contributed by atoms with van der Waals surface area (Å²) in [4.78, 5) is 17.8. The molecule has 2 heterocycles. The minimum atomic E-state index is -0.282. The molecular weight excluding hydrogens is 238 g/mol. The number of para-hydroxylation sites is 1. The van der Waals surface area contributed by atoms with E-state index in [-0.39, 0.29) is 17.5 Å². The standard InChI is InChI=1S/C15H19N3O/c1-15(2)13(16)7-8-18(15)14(19)11-9-17-12-6-4-3-5-10(11)12/h3-6,9,13,17H,7-8,16H2,1-2H3. The average Bonchev–Trinajstić information content (AvgIpc) is 2.92. The molecule has 2 aromatic rings. The molecule has 0 saturated carbocycles. The molecule has 100 valence electrons. The Morgan fingerprint density at radius 2 is 2.16 bits per heavy atom. The third-order valence-electron chi connectivity index (χ3n) is 4.33. The number of carbonyl (C=O) groups excluding carboxylic acids is 1. The van der Waals surface area contributed by atoms with Gasteiger partial charge in [-0.3, -0.25) is 4.79 Å². The molecule has 19 heavy (non-hydrogen) atoms. The van der Waals surface area contributed by atoms with E-state index in [0.29, 0.717) is 0 Å². The van der Waals surface area contributed by atoms with Gasteiger partial charge in [0.05, 0.1) is 11.1 Å². The van der Waals surface area contributed by atoms with Crippen LogP contribution >= 0.6 is 0 Å². The number of nitrogens with one attached hydrogen (secondary N) is 1. The maximum atomic E-state index is 12.7. The molecule has 4 heteroatoms. The van der Waals surface area contributed by atoms with Gasteiger partial charge in [-0.1, -0.05) is 18.2 Å². The molecule has 1 aliphatic rings. The number of benzene rings is 1. The number of fused-ring (bicyclic) bond motifs is 1. The third kappa shape index (κ3) is 1.75. The van der Waals surface area contributed by atoms with E-state index < -0.39 is 0 Å². The molecule has 3 rings (SSSR count). The van der Waals surface area contributed by atoms with E-state index in [2.05, 4.69) is 4.98 Å². The predicted octanol–water partition coefficient (Wildman–Crippen LogP) is 2.12. The Hall–Kier alpha value is -1.81. The molecule has 4 nitrogen and oxygen atoms in total. The highest BCUT2D eigenvalue weighted by molar-refractivity contribution is 6.07. The van der Waals surface area contributed by atoms with Crippen LogP contribution < -0.4 is 5.73 Å². The topological polar surface area (TPSA) is 62.1 Å². The highest BCUT2D eigenvalue weighted by Crippen LogP contribution is 2.30. The van der Waals surface area contributed by atoms with Crippen molar-refractivity contribution in [2.75, 3.05) is 6.54 Å². The van der Waals surface area contributed by atoms with Gasteiger partial charge in [0, 0.05) is 29.7 Å². The van der Waals surface area contributed by atoms with Gasteiger partial charge >= 0.3 is 0 Å². The van der Waals surface area contributed by atoms with Gasteiger partial charge in [-0.15, -0.1) is 0 Å². The second kappa shape index (κ2) is 4.10. The Kier molecular flexibility index (Phi) is 2.64. The summed E-state index contributed by atoms with van der Waals surface area (Å²) in [6.45, 7) is 4.81. The van der Waals surface area contributed by atoms with Crippen LogP contribution in [-0.4, -0.2) is 33.9 Å². The molecule has 1 saturated heterocycles. The molecule has 1 amide bonds. The summed E-state index contributed by atoms with van der Waals surface area (Å²) >= 11 is 0. The Bertz CT molecular complexity index is 629. The summed E-state index contributed by atoms with van der Waals surface area (Å²) in [6, 6.07) is 7.91. The van der Waals surface area contributed by atoms with Crippen molar-refractivity contribution in [1.82, 2.24) is 9.88 Å². The van der Waals surface area contributed by atoms with Gasteiger partial charge in [-0.05, 0) is 26.3 Å². The molecule has 1 atom stereocenters. The van der Waals surface area contributed by atoms with Crippen LogP contribution in [0.4, 0.5) is 0 Å².